The predicted molar refractivity (Wildman–Crippen MR) is 86.9 cm³/mol. The van der Waals surface area contributed by atoms with Gasteiger partial charge in [0.05, 0.1) is 13.2 Å². The molecule has 4 nitrogen and oxygen atoms in total. The van der Waals surface area contributed by atoms with E-state index in [1.54, 1.807) is 7.11 Å². The highest BCUT2D eigenvalue weighted by molar-refractivity contribution is 5.83. The van der Waals surface area contributed by atoms with Crippen molar-refractivity contribution < 1.29 is 9.15 Å². The van der Waals surface area contributed by atoms with Gasteiger partial charge < -0.3 is 19.4 Å². The van der Waals surface area contributed by atoms with Gasteiger partial charge in [-0.1, -0.05) is 12.1 Å². The number of ether oxygens (including phenoxy) is 1. The lowest BCUT2D eigenvalue weighted by Crippen LogP contribution is -2.47. The Morgan fingerprint density at radius 3 is 2.67 bits per heavy atom. The van der Waals surface area contributed by atoms with Crippen LogP contribution in [0.25, 0.3) is 11.0 Å². The molecule has 0 amide bonds. The van der Waals surface area contributed by atoms with Crippen molar-refractivity contribution in [3.63, 3.8) is 0 Å². The van der Waals surface area contributed by atoms with Gasteiger partial charge in [0.15, 0.2) is 11.3 Å². The zero-order valence-electron chi connectivity index (χ0n) is 13.9. The first kappa shape index (κ1) is 15.9. The molecule has 2 aromatic rings. The number of furan rings is 1. The van der Waals surface area contributed by atoms with Crippen LogP contribution in [0.3, 0.4) is 0 Å². The molecule has 2 rings (SSSR count). The summed E-state index contributed by atoms with van der Waals surface area (Å²) in [5, 5.41) is 4.62. The molecule has 0 spiro atoms. The fraction of sp³-hybridized carbons (Fsp3) is 0.529. The third kappa shape index (κ3) is 3.39. The van der Waals surface area contributed by atoms with Gasteiger partial charge in [0, 0.05) is 17.5 Å². The minimum absolute atomic E-state index is 0.0952. The van der Waals surface area contributed by atoms with E-state index in [9.17, 15) is 0 Å². The first-order valence-corrected chi connectivity index (χ1v) is 7.32. The lowest BCUT2D eigenvalue weighted by Gasteiger charge is -2.33. The average Bonchev–Trinajstić information content (AvgIpc) is 2.88. The van der Waals surface area contributed by atoms with E-state index in [1.807, 2.05) is 18.2 Å². The standard InChI is InChI=1S/C17H26N2O2/c1-12(18-11-17(2,3)19(4)5)15-10-13-8-7-9-14(20-6)16(13)21-15/h7-10,12,18H,11H2,1-6H3. The lowest BCUT2D eigenvalue weighted by molar-refractivity contribution is 0.183. The van der Waals surface area contributed by atoms with Gasteiger partial charge in [-0.15, -0.1) is 0 Å². The molecular formula is C17H26N2O2. The molecule has 1 N–H and O–H groups in total. The monoisotopic (exact) mass is 290 g/mol. The molecule has 1 aromatic heterocycles. The summed E-state index contributed by atoms with van der Waals surface area (Å²) in [7, 11) is 5.86. The van der Waals surface area contributed by atoms with Crippen LogP contribution >= 0.6 is 0 Å². The largest absolute Gasteiger partial charge is 0.493 e. The normalized spacial score (nSPS) is 13.9. The van der Waals surface area contributed by atoms with Gasteiger partial charge >= 0.3 is 0 Å². The Hall–Kier alpha value is -1.52. The van der Waals surface area contributed by atoms with Gasteiger partial charge in [0.1, 0.15) is 5.76 Å². The van der Waals surface area contributed by atoms with Crippen molar-refractivity contribution in [1.29, 1.82) is 0 Å². The van der Waals surface area contributed by atoms with Crippen molar-refractivity contribution in [3.8, 4) is 5.75 Å². The molecule has 21 heavy (non-hydrogen) atoms. The van der Waals surface area contributed by atoms with Gasteiger partial charge in [-0.2, -0.15) is 0 Å². The molecular weight excluding hydrogens is 264 g/mol. The molecule has 0 radical (unpaired) electrons. The first-order valence-electron chi connectivity index (χ1n) is 7.32. The maximum Gasteiger partial charge on any atom is 0.176 e. The summed E-state index contributed by atoms with van der Waals surface area (Å²) in [5.41, 5.74) is 0.910. The Morgan fingerprint density at radius 2 is 2.05 bits per heavy atom. The first-order chi connectivity index (χ1) is 9.85. The van der Waals surface area contributed by atoms with Crippen molar-refractivity contribution in [2.75, 3.05) is 27.7 Å². The Kier molecular flexibility index (Phi) is 4.59. The van der Waals surface area contributed by atoms with Crippen LogP contribution in [-0.4, -0.2) is 38.2 Å². The molecule has 0 aliphatic carbocycles. The Bertz CT molecular complexity index is 602. The summed E-state index contributed by atoms with van der Waals surface area (Å²) < 4.78 is 11.3. The van der Waals surface area contributed by atoms with Crippen LogP contribution in [0.15, 0.2) is 28.7 Å². The minimum atomic E-state index is 0.0952. The molecule has 0 aliphatic rings. The summed E-state index contributed by atoms with van der Waals surface area (Å²) in [6.07, 6.45) is 0. The molecule has 0 saturated carbocycles. The Morgan fingerprint density at radius 1 is 1.33 bits per heavy atom. The third-order valence-corrected chi connectivity index (χ3v) is 4.23. The number of nitrogens with one attached hydrogen (secondary N) is 1. The topological polar surface area (TPSA) is 37.6 Å². The van der Waals surface area contributed by atoms with Crippen molar-refractivity contribution in [3.05, 3.63) is 30.0 Å². The molecule has 0 bridgehead atoms. The molecule has 116 valence electrons. The van der Waals surface area contributed by atoms with Crippen molar-refractivity contribution in [2.45, 2.75) is 32.4 Å². The Balaban J connectivity index is 2.15. The van der Waals surface area contributed by atoms with E-state index in [0.29, 0.717) is 0 Å². The number of rotatable bonds is 6. The molecule has 1 aromatic carbocycles. The van der Waals surface area contributed by atoms with E-state index < -0.39 is 0 Å². The van der Waals surface area contributed by atoms with Crippen LogP contribution in [0.5, 0.6) is 5.75 Å². The summed E-state index contributed by atoms with van der Waals surface area (Å²) in [4.78, 5) is 2.22. The second-order valence-corrected chi connectivity index (χ2v) is 6.34. The highest BCUT2D eigenvalue weighted by Crippen LogP contribution is 2.30. The van der Waals surface area contributed by atoms with Crippen LogP contribution in [0.4, 0.5) is 0 Å². The number of fused-ring (bicyclic) bond motifs is 1. The number of nitrogens with zero attached hydrogens (tertiary/aromatic N) is 1. The van der Waals surface area contributed by atoms with Crippen LogP contribution < -0.4 is 10.1 Å². The maximum absolute atomic E-state index is 5.98. The SMILES string of the molecule is COc1cccc2cc(C(C)NCC(C)(C)N(C)C)oc12. The van der Waals surface area contributed by atoms with Crippen LogP contribution in [-0.2, 0) is 0 Å². The van der Waals surface area contributed by atoms with Crippen molar-refractivity contribution >= 4 is 11.0 Å². The van der Waals surface area contributed by atoms with Crippen LogP contribution in [0.2, 0.25) is 0 Å². The van der Waals surface area contributed by atoms with Crippen LogP contribution in [0.1, 0.15) is 32.6 Å². The summed E-state index contributed by atoms with van der Waals surface area (Å²) in [5.74, 6) is 1.71. The molecule has 0 aliphatic heterocycles. The van der Waals surface area contributed by atoms with Gasteiger partial charge in [0.2, 0.25) is 0 Å². The molecule has 1 heterocycles. The van der Waals surface area contributed by atoms with Gasteiger partial charge in [0.25, 0.3) is 0 Å². The number of methoxy groups -OCH3 is 1. The number of hydrogen-bond donors (Lipinski definition) is 1. The third-order valence-electron chi connectivity index (χ3n) is 4.23. The smallest absolute Gasteiger partial charge is 0.176 e. The zero-order valence-corrected chi connectivity index (χ0v) is 13.9. The molecule has 0 fully saturated rings. The van der Waals surface area contributed by atoms with Crippen LogP contribution in [0, 0.1) is 0 Å². The van der Waals surface area contributed by atoms with E-state index in [-0.39, 0.29) is 11.6 Å². The summed E-state index contributed by atoms with van der Waals surface area (Å²) >= 11 is 0. The van der Waals surface area contributed by atoms with E-state index >= 15 is 0 Å². The van der Waals surface area contributed by atoms with E-state index in [0.717, 1.165) is 29.0 Å². The highest BCUT2D eigenvalue weighted by atomic mass is 16.5. The number of para-hydroxylation sites is 1. The van der Waals surface area contributed by atoms with Gasteiger partial charge in [-0.05, 0) is 47.0 Å². The minimum Gasteiger partial charge on any atom is -0.493 e. The zero-order chi connectivity index (χ0) is 15.6. The van der Waals surface area contributed by atoms with Crippen molar-refractivity contribution in [1.82, 2.24) is 10.2 Å². The average molecular weight is 290 g/mol. The number of likely N-dealkylation sites (N-methyl/N-ethyl adjacent to an activating group) is 1. The number of benzene rings is 1. The van der Waals surface area contributed by atoms with Gasteiger partial charge in [-0.3, -0.25) is 0 Å². The van der Waals surface area contributed by atoms with E-state index in [4.69, 9.17) is 9.15 Å². The van der Waals surface area contributed by atoms with Gasteiger partial charge in [-0.25, -0.2) is 0 Å². The number of hydrogen-bond acceptors (Lipinski definition) is 4. The Labute approximate surface area is 127 Å². The summed E-state index contributed by atoms with van der Waals surface area (Å²) in [6, 6.07) is 8.18. The molecule has 0 saturated heterocycles. The fourth-order valence-corrected chi connectivity index (χ4v) is 2.09. The molecule has 1 unspecified atom stereocenters. The molecule has 4 heteroatoms. The second kappa shape index (κ2) is 6.08. The van der Waals surface area contributed by atoms with E-state index in [2.05, 4.69) is 51.1 Å². The van der Waals surface area contributed by atoms with Crippen molar-refractivity contribution in [2.24, 2.45) is 0 Å². The maximum atomic E-state index is 5.98. The second-order valence-electron chi connectivity index (χ2n) is 6.34. The van der Waals surface area contributed by atoms with E-state index in [1.165, 1.54) is 0 Å². The lowest BCUT2D eigenvalue weighted by atomic mass is 10.0. The molecule has 1 atom stereocenters. The quantitative estimate of drug-likeness (QED) is 0.884. The highest BCUT2D eigenvalue weighted by Gasteiger charge is 2.22. The fourth-order valence-electron chi connectivity index (χ4n) is 2.09. The summed E-state index contributed by atoms with van der Waals surface area (Å²) in [6.45, 7) is 7.44. The predicted octanol–water partition coefficient (Wildman–Crippen LogP) is 3.43.